The zero-order valence-electron chi connectivity index (χ0n) is 11.2. The van der Waals surface area contributed by atoms with E-state index in [1.165, 1.54) is 0 Å². The van der Waals surface area contributed by atoms with Crippen LogP contribution in [0.3, 0.4) is 0 Å². The minimum atomic E-state index is -3.34. The summed E-state index contributed by atoms with van der Waals surface area (Å²) in [6.07, 6.45) is 3.52. The van der Waals surface area contributed by atoms with Gasteiger partial charge in [0.05, 0.1) is 5.69 Å². The monoisotopic (exact) mass is 283 g/mol. The Morgan fingerprint density at radius 3 is 2.95 bits per heavy atom. The molecule has 1 aromatic heterocycles. The molecule has 2 rings (SSSR count). The number of sulfonamides is 1. The van der Waals surface area contributed by atoms with E-state index in [9.17, 15) is 8.42 Å². The maximum absolute atomic E-state index is 12.6. The molecule has 0 aliphatic carbocycles. The third-order valence-corrected chi connectivity index (χ3v) is 5.91. The first kappa shape index (κ1) is 14.4. The Balaban J connectivity index is 2.18. The summed E-state index contributed by atoms with van der Waals surface area (Å²) in [5.74, 6) is 0.277. The highest BCUT2D eigenvalue weighted by Gasteiger charge is 2.33. The summed E-state index contributed by atoms with van der Waals surface area (Å²) in [4.78, 5) is 4.15. The van der Waals surface area contributed by atoms with Crippen LogP contribution in [0, 0.1) is 5.92 Å². The van der Waals surface area contributed by atoms with Crippen LogP contribution in [-0.2, 0) is 10.0 Å². The van der Waals surface area contributed by atoms with Crippen LogP contribution in [-0.4, -0.2) is 37.3 Å². The van der Waals surface area contributed by atoms with Crippen LogP contribution in [0.15, 0.2) is 24.4 Å². The highest BCUT2D eigenvalue weighted by atomic mass is 32.2. The summed E-state index contributed by atoms with van der Waals surface area (Å²) >= 11 is 0. The summed E-state index contributed by atoms with van der Waals surface area (Å²) in [5, 5.41) is -0.606. The van der Waals surface area contributed by atoms with Crippen molar-refractivity contribution in [2.45, 2.75) is 25.0 Å². The molecule has 0 spiro atoms. The lowest BCUT2D eigenvalue weighted by Gasteiger charge is -2.33. The van der Waals surface area contributed by atoms with Crippen LogP contribution < -0.4 is 5.73 Å². The van der Waals surface area contributed by atoms with Gasteiger partial charge in [0.2, 0.25) is 10.0 Å². The molecule has 1 aliphatic heterocycles. The molecular weight excluding hydrogens is 262 g/mol. The normalized spacial score (nSPS) is 23.2. The van der Waals surface area contributed by atoms with E-state index in [4.69, 9.17) is 5.73 Å². The number of hydrogen-bond acceptors (Lipinski definition) is 4. The number of rotatable bonds is 4. The molecule has 2 atom stereocenters. The lowest BCUT2D eigenvalue weighted by Crippen LogP contribution is -2.43. The van der Waals surface area contributed by atoms with Crippen LogP contribution in [0.4, 0.5) is 0 Å². The lowest BCUT2D eigenvalue weighted by atomic mass is 10.0. The summed E-state index contributed by atoms with van der Waals surface area (Å²) in [7, 11) is -3.34. The maximum Gasteiger partial charge on any atom is 0.222 e. The van der Waals surface area contributed by atoms with Gasteiger partial charge in [-0.2, -0.15) is 0 Å². The van der Waals surface area contributed by atoms with Crippen LogP contribution >= 0.6 is 0 Å². The van der Waals surface area contributed by atoms with E-state index in [-0.39, 0.29) is 5.92 Å². The van der Waals surface area contributed by atoms with Gasteiger partial charge in [-0.25, -0.2) is 12.7 Å². The average Bonchev–Trinajstić information content (AvgIpc) is 2.47. The Kier molecular flexibility index (Phi) is 4.54. The second-order valence-electron chi connectivity index (χ2n) is 5.04. The number of piperidine rings is 1. The van der Waals surface area contributed by atoms with Gasteiger partial charge in [-0.15, -0.1) is 0 Å². The molecule has 6 heteroatoms. The summed E-state index contributed by atoms with van der Waals surface area (Å²) in [6, 6.07) is 5.36. The Bertz CT molecular complexity index is 504. The molecule has 1 aromatic rings. The minimum absolute atomic E-state index is 0.277. The highest BCUT2D eigenvalue weighted by molar-refractivity contribution is 7.89. The molecule has 0 amide bonds. The van der Waals surface area contributed by atoms with Gasteiger partial charge in [0.25, 0.3) is 0 Å². The van der Waals surface area contributed by atoms with Crippen molar-refractivity contribution >= 4 is 10.0 Å². The van der Waals surface area contributed by atoms with Gasteiger partial charge in [-0.1, -0.05) is 6.07 Å². The Morgan fingerprint density at radius 1 is 1.53 bits per heavy atom. The van der Waals surface area contributed by atoms with Gasteiger partial charge in [0.15, 0.2) is 0 Å². The summed E-state index contributed by atoms with van der Waals surface area (Å²) < 4.78 is 26.8. The van der Waals surface area contributed by atoms with Gasteiger partial charge in [0.1, 0.15) is 5.25 Å². The first-order chi connectivity index (χ1) is 9.05. The smallest absolute Gasteiger partial charge is 0.222 e. The minimum Gasteiger partial charge on any atom is -0.330 e. The Labute approximate surface area is 114 Å². The first-order valence-electron chi connectivity index (χ1n) is 6.65. The van der Waals surface area contributed by atoms with E-state index < -0.39 is 15.3 Å². The molecule has 0 radical (unpaired) electrons. The standard InChI is InChI=1S/C13H21N3O2S/c1-11(13-6-2-3-7-15-13)19(17,18)16-8-4-5-12(9-14)10-16/h2-3,6-7,11-12H,4-5,8-10,14H2,1H3/t11-,12+/m1/s1. The van der Waals surface area contributed by atoms with Crippen LogP contribution in [0.5, 0.6) is 0 Å². The highest BCUT2D eigenvalue weighted by Crippen LogP contribution is 2.27. The molecule has 1 aliphatic rings. The molecule has 2 heterocycles. The zero-order valence-corrected chi connectivity index (χ0v) is 12.0. The third kappa shape index (κ3) is 3.13. The molecule has 106 valence electrons. The van der Waals surface area contributed by atoms with Crippen LogP contribution in [0.2, 0.25) is 0 Å². The van der Waals surface area contributed by atoms with E-state index >= 15 is 0 Å². The number of nitrogens with two attached hydrogens (primary N) is 1. The van der Waals surface area contributed by atoms with Crippen molar-refractivity contribution in [1.82, 2.24) is 9.29 Å². The number of hydrogen-bond donors (Lipinski definition) is 1. The SMILES string of the molecule is C[C@H](c1ccccn1)S(=O)(=O)N1CCC[C@@H](CN)C1. The topological polar surface area (TPSA) is 76.3 Å². The van der Waals surface area contributed by atoms with E-state index in [0.29, 0.717) is 25.3 Å². The van der Waals surface area contributed by atoms with Crippen molar-refractivity contribution in [3.8, 4) is 0 Å². The van der Waals surface area contributed by atoms with Crippen molar-refractivity contribution in [2.75, 3.05) is 19.6 Å². The largest absolute Gasteiger partial charge is 0.330 e. The number of nitrogens with zero attached hydrogens (tertiary/aromatic N) is 2. The fourth-order valence-corrected chi connectivity index (χ4v) is 4.14. The van der Waals surface area contributed by atoms with Gasteiger partial charge < -0.3 is 5.73 Å². The predicted molar refractivity (Wildman–Crippen MR) is 74.9 cm³/mol. The second-order valence-corrected chi connectivity index (χ2v) is 7.30. The molecule has 0 aromatic carbocycles. The molecule has 2 N–H and O–H groups in total. The summed E-state index contributed by atoms with van der Waals surface area (Å²) in [6.45, 7) is 3.37. The molecule has 19 heavy (non-hydrogen) atoms. The van der Waals surface area contributed by atoms with E-state index in [2.05, 4.69) is 4.98 Å². The van der Waals surface area contributed by atoms with E-state index in [1.54, 1.807) is 29.6 Å². The number of aromatic nitrogens is 1. The van der Waals surface area contributed by atoms with Crippen LogP contribution in [0.25, 0.3) is 0 Å². The molecule has 0 unspecified atom stereocenters. The maximum atomic E-state index is 12.6. The Hall–Kier alpha value is -0.980. The van der Waals surface area contributed by atoms with Crippen LogP contribution in [0.1, 0.15) is 30.7 Å². The fraction of sp³-hybridized carbons (Fsp3) is 0.615. The van der Waals surface area contributed by atoms with Crippen molar-refractivity contribution in [3.05, 3.63) is 30.1 Å². The van der Waals surface area contributed by atoms with Gasteiger partial charge in [-0.3, -0.25) is 4.98 Å². The van der Waals surface area contributed by atoms with Gasteiger partial charge >= 0.3 is 0 Å². The van der Waals surface area contributed by atoms with Crippen molar-refractivity contribution < 1.29 is 8.42 Å². The molecular formula is C13H21N3O2S. The van der Waals surface area contributed by atoms with Crippen molar-refractivity contribution in [2.24, 2.45) is 11.7 Å². The third-order valence-electron chi connectivity index (χ3n) is 3.73. The van der Waals surface area contributed by atoms with E-state index in [0.717, 1.165) is 12.8 Å². The molecule has 1 fully saturated rings. The molecule has 1 saturated heterocycles. The second kappa shape index (κ2) is 5.98. The van der Waals surface area contributed by atoms with Crippen molar-refractivity contribution in [3.63, 3.8) is 0 Å². The first-order valence-corrected chi connectivity index (χ1v) is 8.16. The fourth-order valence-electron chi connectivity index (χ4n) is 2.44. The average molecular weight is 283 g/mol. The lowest BCUT2D eigenvalue weighted by molar-refractivity contribution is 0.269. The molecule has 0 saturated carbocycles. The van der Waals surface area contributed by atoms with Gasteiger partial charge in [0, 0.05) is 19.3 Å². The molecule has 5 nitrogen and oxygen atoms in total. The predicted octanol–water partition coefficient (Wildman–Crippen LogP) is 1.14. The van der Waals surface area contributed by atoms with E-state index in [1.807, 2.05) is 6.07 Å². The molecule has 0 bridgehead atoms. The summed E-state index contributed by atoms with van der Waals surface area (Å²) in [5.41, 5.74) is 6.26. The quantitative estimate of drug-likeness (QED) is 0.899. The number of pyridine rings is 1. The Morgan fingerprint density at radius 2 is 2.32 bits per heavy atom. The van der Waals surface area contributed by atoms with Crippen molar-refractivity contribution in [1.29, 1.82) is 0 Å². The van der Waals surface area contributed by atoms with Gasteiger partial charge in [-0.05, 0) is 44.4 Å². The zero-order chi connectivity index (χ0) is 13.9.